The van der Waals surface area contributed by atoms with Crippen molar-refractivity contribution in [2.45, 2.75) is 59.8 Å². The van der Waals surface area contributed by atoms with E-state index in [-0.39, 0.29) is 11.4 Å². The van der Waals surface area contributed by atoms with E-state index >= 15 is 0 Å². The van der Waals surface area contributed by atoms with E-state index in [4.69, 9.17) is 4.42 Å². The van der Waals surface area contributed by atoms with Crippen molar-refractivity contribution in [1.29, 1.82) is 0 Å². The fraction of sp³-hybridized carbons (Fsp3) is 0.688. The third-order valence-corrected chi connectivity index (χ3v) is 3.14. The first-order valence-corrected chi connectivity index (χ1v) is 7.25. The van der Waals surface area contributed by atoms with E-state index < -0.39 is 0 Å². The van der Waals surface area contributed by atoms with Crippen LogP contribution in [0.5, 0.6) is 5.75 Å². The van der Waals surface area contributed by atoms with Crippen LogP contribution < -0.4 is 5.63 Å². The largest absolute Gasteiger partial charge is 0.507 e. The topological polar surface area (TPSA) is 50.4 Å². The van der Waals surface area contributed by atoms with Gasteiger partial charge >= 0.3 is 5.63 Å². The Bertz CT molecular complexity index is 444. The Morgan fingerprint density at radius 2 is 1.84 bits per heavy atom. The minimum Gasteiger partial charge on any atom is -0.507 e. The van der Waals surface area contributed by atoms with Gasteiger partial charge in [-0.1, -0.05) is 40.5 Å². The van der Waals surface area contributed by atoms with Crippen molar-refractivity contribution in [2.24, 2.45) is 11.8 Å². The van der Waals surface area contributed by atoms with E-state index in [2.05, 4.69) is 27.7 Å². The van der Waals surface area contributed by atoms with Crippen molar-refractivity contribution in [3.63, 3.8) is 0 Å². The van der Waals surface area contributed by atoms with Gasteiger partial charge in [-0.2, -0.15) is 0 Å². The predicted molar refractivity (Wildman–Crippen MR) is 77.6 cm³/mol. The van der Waals surface area contributed by atoms with Crippen LogP contribution >= 0.6 is 0 Å². The normalized spacial score (nSPS) is 11.5. The van der Waals surface area contributed by atoms with E-state index in [1.165, 1.54) is 0 Å². The van der Waals surface area contributed by atoms with Crippen molar-refractivity contribution in [2.75, 3.05) is 0 Å². The SMILES string of the molecule is CC(C)CCCCc1c(O)cc(CC(C)C)oc1=O. The molecule has 0 aromatic carbocycles. The van der Waals surface area contributed by atoms with Crippen LogP contribution in [0.15, 0.2) is 15.3 Å². The zero-order chi connectivity index (χ0) is 14.4. The molecule has 3 nitrogen and oxygen atoms in total. The molecule has 1 heterocycles. The van der Waals surface area contributed by atoms with Gasteiger partial charge in [0.25, 0.3) is 0 Å². The van der Waals surface area contributed by atoms with Gasteiger partial charge in [0.1, 0.15) is 11.5 Å². The first-order chi connectivity index (χ1) is 8.90. The second-order valence-corrected chi connectivity index (χ2v) is 6.10. The molecule has 0 unspecified atom stereocenters. The standard InChI is InChI=1S/C16H26O3/c1-11(2)7-5-6-8-14-15(17)10-13(9-12(3)4)19-16(14)18/h10-12,17H,5-9H2,1-4H3. The molecule has 1 N–H and O–H groups in total. The first kappa shape index (κ1) is 15.8. The Balaban J connectivity index is 2.66. The van der Waals surface area contributed by atoms with Gasteiger partial charge in [-0.25, -0.2) is 4.79 Å². The van der Waals surface area contributed by atoms with Gasteiger partial charge in [0.15, 0.2) is 0 Å². The molecule has 0 spiro atoms. The molecule has 0 radical (unpaired) electrons. The molecule has 0 saturated carbocycles. The molecule has 108 valence electrons. The van der Waals surface area contributed by atoms with Crippen molar-refractivity contribution in [3.05, 3.63) is 27.8 Å². The van der Waals surface area contributed by atoms with Gasteiger partial charge in [0.2, 0.25) is 0 Å². The predicted octanol–water partition coefficient (Wildman–Crippen LogP) is 3.91. The maximum atomic E-state index is 11.8. The summed E-state index contributed by atoms with van der Waals surface area (Å²) in [5.41, 5.74) is 0.0523. The molecule has 3 heteroatoms. The number of hydrogen-bond acceptors (Lipinski definition) is 3. The maximum absolute atomic E-state index is 11.8. The Morgan fingerprint density at radius 3 is 2.37 bits per heavy atom. The van der Waals surface area contributed by atoms with Gasteiger partial charge < -0.3 is 9.52 Å². The van der Waals surface area contributed by atoms with E-state index in [0.29, 0.717) is 36.0 Å². The van der Waals surface area contributed by atoms with Gasteiger partial charge in [-0.05, 0) is 24.7 Å². The van der Waals surface area contributed by atoms with Crippen LogP contribution in [0.3, 0.4) is 0 Å². The fourth-order valence-electron chi connectivity index (χ4n) is 2.14. The van der Waals surface area contributed by atoms with Crippen LogP contribution in [-0.4, -0.2) is 5.11 Å². The maximum Gasteiger partial charge on any atom is 0.342 e. The van der Waals surface area contributed by atoms with E-state index in [9.17, 15) is 9.90 Å². The Hall–Kier alpha value is -1.25. The average Bonchev–Trinajstić information content (AvgIpc) is 2.25. The molecular formula is C16H26O3. The molecule has 1 aromatic rings. The Morgan fingerprint density at radius 1 is 1.16 bits per heavy atom. The number of hydrogen-bond donors (Lipinski definition) is 1. The summed E-state index contributed by atoms with van der Waals surface area (Å²) in [5, 5.41) is 9.93. The van der Waals surface area contributed by atoms with Gasteiger partial charge in [-0.15, -0.1) is 0 Å². The average molecular weight is 266 g/mol. The molecule has 0 fully saturated rings. The minimum absolute atomic E-state index is 0.0939. The summed E-state index contributed by atoms with van der Waals surface area (Å²) in [6, 6.07) is 1.60. The summed E-state index contributed by atoms with van der Waals surface area (Å²) in [5.74, 6) is 1.75. The second kappa shape index (κ2) is 7.37. The van der Waals surface area contributed by atoms with Crippen LogP contribution in [0.4, 0.5) is 0 Å². The zero-order valence-corrected chi connectivity index (χ0v) is 12.5. The zero-order valence-electron chi connectivity index (χ0n) is 12.5. The molecule has 0 aliphatic carbocycles. The lowest BCUT2D eigenvalue weighted by molar-refractivity contribution is 0.396. The highest BCUT2D eigenvalue weighted by Crippen LogP contribution is 2.19. The molecule has 0 bridgehead atoms. The molecule has 0 atom stereocenters. The van der Waals surface area contributed by atoms with E-state index in [1.807, 2.05) is 0 Å². The van der Waals surface area contributed by atoms with Crippen molar-refractivity contribution < 1.29 is 9.52 Å². The third kappa shape index (κ3) is 5.50. The minimum atomic E-state index is -0.375. The summed E-state index contributed by atoms with van der Waals surface area (Å²) >= 11 is 0. The molecule has 19 heavy (non-hydrogen) atoms. The fourth-order valence-corrected chi connectivity index (χ4v) is 2.14. The lowest BCUT2D eigenvalue weighted by Gasteiger charge is -2.08. The quantitative estimate of drug-likeness (QED) is 0.761. The lowest BCUT2D eigenvalue weighted by Crippen LogP contribution is -2.10. The highest BCUT2D eigenvalue weighted by atomic mass is 16.4. The molecule has 0 aliphatic rings. The van der Waals surface area contributed by atoms with Crippen molar-refractivity contribution in [1.82, 2.24) is 0 Å². The number of unbranched alkanes of at least 4 members (excludes halogenated alkanes) is 1. The monoisotopic (exact) mass is 266 g/mol. The summed E-state index contributed by atoms with van der Waals surface area (Å²) in [6.07, 6.45) is 4.42. The molecule has 1 aromatic heterocycles. The summed E-state index contributed by atoms with van der Waals surface area (Å²) in [4.78, 5) is 11.8. The first-order valence-electron chi connectivity index (χ1n) is 7.25. The highest BCUT2D eigenvalue weighted by molar-refractivity contribution is 5.30. The second-order valence-electron chi connectivity index (χ2n) is 6.10. The molecule has 0 saturated heterocycles. The molecule has 0 aliphatic heterocycles. The van der Waals surface area contributed by atoms with Gasteiger partial charge in [-0.3, -0.25) is 0 Å². The number of aromatic hydroxyl groups is 1. The van der Waals surface area contributed by atoms with E-state index in [1.54, 1.807) is 6.07 Å². The van der Waals surface area contributed by atoms with Crippen LogP contribution in [0.2, 0.25) is 0 Å². The summed E-state index contributed by atoms with van der Waals surface area (Å²) in [6.45, 7) is 8.48. The third-order valence-electron chi connectivity index (χ3n) is 3.14. The summed E-state index contributed by atoms with van der Waals surface area (Å²) in [7, 11) is 0. The van der Waals surface area contributed by atoms with Crippen LogP contribution in [0.25, 0.3) is 0 Å². The molecule has 0 amide bonds. The molecular weight excluding hydrogens is 240 g/mol. The van der Waals surface area contributed by atoms with Crippen LogP contribution in [-0.2, 0) is 12.8 Å². The van der Waals surface area contributed by atoms with Gasteiger partial charge in [0, 0.05) is 12.5 Å². The van der Waals surface area contributed by atoms with Gasteiger partial charge in [0.05, 0.1) is 5.56 Å². The lowest BCUT2D eigenvalue weighted by atomic mass is 10.0. The Kier molecular flexibility index (Phi) is 6.13. The van der Waals surface area contributed by atoms with E-state index in [0.717, 1.165) is 19.3 Å². The van der Waals surface area contributed by atoms with Crippen molar-refractivity contribution in [3.8, 4) is 5.75 Å². The van der Waals surface area contributed by atoms with Crippen LogP contribution in [0.1, 0.15) is 58.3 Å². The summed E-state index contributed by atoms with van der Waals surface area (Å²) < 4.78 is 5.26. The smallest absolute Gasteiger partial charge is 0.342 e. The highest BCUT2D eigenvalue weighted by Gasteiger charge is 2.12. The van der Waals surface area contributed by atoms with Crippen molar-refractivity contribution >= 4 is 0 Å². The Labute approximate surface area is 115 Å². The number of rotatable bonds is 7. The molecule has 1 rings (SSSR count). The van der Waals surface area contributed by atoms with Crippen LogP contribution in [0, 0.1) is 11.8 Å².